The minimum atomic E-state index is 0.242. The fraction of sp³-hybridized carbons (Fsp3) is 0.750. The van der Waals surface area contributed by atoms with Crippen LogP contribution in [0.15, 0.2) is 12.5 Å². The van der Waals surface area contributed by atoms with Crippen LogP contribution < -0.4 is 5.73 Å². The van der Waals surface area contributed by atoms with E-state index in [9.17, 15) is 0 Å². The molecule has 0 aliphatic carbocycles. The van der Waals surface area contributed by atoms with Crippen molar-refractivity contribution in [2.75, 3.05) is 13.6 Å². The summed E-state index contributed by atoms with van der Waals surface area (Å²) in [5.41, 5.74) is 7.52. The topological polar surface area (TPSA) is 47.1 Å². The van der Waals surface area contributed by atoms with E-state index >= 15 is 0 Å². The molecule has 2 unspecified atom stereocenters. The Morgan fingerprint density at radius 1 is 1.56 bits per heavy atom. The minimum Gasteiger partial charge on any atom is -0.333 e. The number of hydrogen-bond donors (Lipinski definition) is 1. The average molecular weight is 222 g/mol. The number of piperidine rings is 1. The monoisotopic (exact) mass is 222 g/mol. The third-order valence-corrected chi connectivity index (χ3v) is 3.44. The first-order chi connectivity index (χ1) is 7.74. The molecule has 0 bridgehead atoms. The average Bonchev–Trinajstić information content (AvgIpc) is 2.67. The Hall–Kier alpha value is -0.870. The molecule has 16 heavy (non-hydrogen) atoms. The molecule has 1 fully saturated rings. The number of nitrogens with two attached hydrogens (primary N) is 1. The molecule has 1 aromatic heterocycles. The predicted molar refractivity (Wildman–Crippen MR) is 65.1 cm³/mol. The summed E-state index contributed by atoms with van der Waals surface area (Å²) in [6.45, 7) is 4.36. The van der Waals surface area contributed by atoms with Crippen LogP contribution >= 0.6 is 0 Å². The summed E-state index contributed by atoms with van der Waals surface area (Å²) in [5, 5.41) is 0. The number of likely N-dealkylation sites (N-methyl/N-ethyl adjacent to an activating group) is 1. The quantitative estimate of drug-likeness (QED) is 0.840. The van der Waals surface area contributed by atoms with E-state index in [0.717, 1.165) is 25.9 Å². The van der Waals surface area contributed by atoms with Crippen LogP contribution in [0, 0.1) is 0 Å². The fourth-order valence-electron chi connectivity index (χ4n) is 2.65. The Morgan fingerprint density at radius 3 is 3.06 bits per heavy atom. The second-order valence-corrected chi connectivity index (χ2v) is 4.74. The van der Waals surface area contributed by atoms with Crippen molar-refractivity contribution in [2.24, 2.45) is 5.73 Å². The van der Waals surface area contributed by atoms with Crippen molar-refractivity contribution in [1.82, 2.24) is 14.5 Å². The highest BCUT2D eigenvalue weighted by atomic mass is 15.2. The summed E-state index contributed by atoms with van der Waals surface area (Å²) in [6.07, 6.45) is 7.35. The molecule has 0 saturated carbocycles. The van der Waals surface area contributed by atoms with Crippen LogP contribution in [0.3, 0.4) is 0 Å². The lowest BCUT2D eigenvalue weighted by Crippen LogP contribution is -2.44. The number of aromatic nitrogens is 2. The molecule has 2 heterocycles. The van der Waals surface area contributed by atoms with Crippen LogP contribution in [0.1, 0.15) is 37.9 Å². The fourth-order valence-corrected chi connectivity index (χ4v) is 2.65. The summed E-state index contributed by atoms with van der Waals surface area (Å²) >= 11 is 0. The SMILES string of the molecule is CCCn1cncc1C1C(N)CCCN1C. The van der Waals surface area contributed by atoms with Gasteiger partial charge in [0.15, 0.2) is 0 Å². The largest absolute Gasteiger partial charge is 0.333 e. The molecule has 0 aromatic carbocycles. The molecule has 2 N–H and O–H groups in total. The molecule has 0 spiro atoms. The van der Waals surface area contributed by atoms with Gasteiger partial charge in [0.05, 0.1) is 18.1 Å². The zero-order chi connectivity index (χ0) is 11.5. The van der Waals surface area contributed by atoms with Crippen LogP contribution in [0.5, 0.6) is 0 Å². The lowest BCUT2D eigenvalue weighted by Gasteiger charge is -2.37. The first-order valence-electron chi connectivity index (χ1n) is 6.20. The summed E-state index contributed by atoms with van der Waals surface area (Å²) < 4.78 is 2.24. The number of rotatable bonds is 3. The van der Waals surface area contributed by atoms with Gasteiger partial charge in [0, 0.05) is 18.8 Å². The van der Waals surface area contributed by atoms with E-state index in [-0.39, 0.29) is 6.04 Å². The number of aryl methyl sites for hydroxylation is 1. The van der Waals surface area contributed by atoms with Gasteiger partial charge in [0.25, 0.3) is 0 Å². The van der Waals surface area contributed by atoms with E-state index in [1.54, 1.807) is 0 Å². The third-order valence-electron chi connectivity index (χ3n) is 3.44. The van der Waals surface area contributed by atoms with Gasteiger partial charge in [-0.25, -0.2) is 4.98 Å². The van der Waals surface area contributed by atoms with E-state index in [1.165, 1.54) is 12.1 Å². The molecular weight excluding hydrogens is 200 g/mol. The van der Waals surface area contributed by atoms with Crippen molar-refractivity contribution in [1.29, 1.82) is 0 Å². The molecule has 2 rings (SSSR count). The van der Waals surface area contributed by atoms with Crippen molar-refractivity contribution >= 4 is 0 Å². The highest BCUT2D eigenvalue weighted by Gasteiger charge is 2.29. The van der Waals surface area contributed by atoms with E-state index in [4.69, 9.17) is 5.73 Å². The maximum atomic E-state index is 6.24. The molecule has 0 amide bonds. The second-order valence-electron chi connectivity index (χ2n) is 4.74. The molecule has 4 nitrogen and oxygen atoms in total. The van der Waals surface area contributed by atoms with E-state index in [2.05, 4.69) is 28.4 Å². The summed E-state index contributed by atoms with van der Waals surface area (Å²) in [5.74, 6) is 0. The summed E-state index contributed by atoms with van der Waals surface area (Å²) in [4.78, 5) is 6.62. The smallest absolute Gasteiger partial charge is 0.0948 e. The molecule has 1 aliphatic heterocycles. The maximum Gasteiger partial charge on any atom is 0.0948 e. The Morgan fingerprint density at radius 2 is 2.38 bits per heavy atom. The van der Waals surface area contributed by atoms with Crippen LogP contribution in [0.2, 0.25) is 0 Å². The van der Waals surface area contributed by atoms with E-state index in [0.29, 0.717) is 6.04 Å². The van der Waals surface area contributed by atoms with Crippen molar-refractivity contribution in [3.63, 3.8) is 0 Å². The highest BCUT2D eigenvalue weighted by Crippen LogP contribution is 2.28. The van der Waals surface area contributed by atoms with Gasteiger partial charge in [0.2, 0.25) is 0 Å². The van der Waals surface area contributed by atoms with Crippen molar-refractivity contribution in [2.45, 2.75) is 44.8 Å². The standard InChI is InChI=1S/C12H22N4/c1-3-6-16-9-14-8-11(16)12-10(13)5-4-7-15(12)2/h8-10,12H,3-7,13H2,1-2H3. The first kappa shape index (κ1) is 11.6. The molecule has 1 aromatic rings. The van der Waals surface area contributed by atoms with Crippen LogP contribution in [-0.4, -0.2) is 34.1 Å². The van der Waals surface area contributed by atoms with Crippen molar-refractivity contribution in [3.05, 3.63) is 18.2 Å². The molecule has 90 valence electrons. The third kappa shape index (κ3) is 2.13. The molecular formula is C12H22N4. The van der Waals surface area contributed by atoms with E-state index < -0.39 is 0 Å². The van der Waals surface area contributed by atoms with Crippen LogP contribution in [0.4, 0.5) is 0 Å². The second kappa shape index (κ2) is 4.97. The van der Waals surface area contributed by atoms with Crippen molar-refractivity contribution < 1.29 is 0 Å². The number of imidazole rings is 1. The van der Waals surface area contributed by atoms with Gasteiger partial charge in [-0.15, -0.1) is 0 Å². The van der Waals surface area contributed by atoms with Gasteiger partial charge in [-0.2, -0.15) is 0 Å². The van der Waals surface area contributed by atoms with Gasteiger partial charge in [-0.05, 0) is 32.9 Å². The Kier molecular flexibility index (Phi) is 3.61. The van der Waals surface area contributed by atoms with Gasteiger partial charge < -0.3 is 10.3 Å². The molecule has 1 saturated heterocycles. The van der Waals surface area contributed by atoms with Crippen molar-refractivity contribution in [3.8, 4) is 0 Å². The number of nitrogens with zero attached hydrogens (tertiary/aromatic N) is 3. The predicted octanol–water partition coefficient (Wildman–Crippen LogP) is 1.39. The summed E-state index contributed by atoms with van der Waals surface area (Å²) in [6, 6.07) is 0.578. The Balaban J connectivity index is 2.23. The maximum absolute atomic E-state index is 6.24. The molecule has 0 radical (unpaired) electrons. The Bertz CT molecular complexity index is 324. The van der Waals surface area contributed by atoms with Crippen LogP contribution in [-0.2, 0) is 6.54 Å². The first-order valence-corrected chi connectivity index (χ1v) is 6.20. The zero-order valence-corrected chi connectivity index (χ0v) is 10.3. The number of hydrogen-bond acceptors (Lipinski definition) is 3. The molecule has 1 aliphatic rings. The lowest BCUT2D eigenvalue weighted by molar-refractivity contribution is 0.155. The lowest BCUT2D eigenvalue weighted by atomic mass is 9.95. The van der Waals surface area contributed by atoms with Gasteiger partial charge in [0.1, 0.15) is 0 Å². The molecule has 4 heteroatoms. The van der Waals surface area contributed by atoms with E-state index in [1.807, 2.05) is 12.5 Å². The Labute approximate surface area is 97.4 Å². The normalized spacial score (nSPS) is 27.2. The minimum absolute atomic E-state index is 0.242. The van der Waals surface area contributed by atoms with Gasteiger partial charge in [-0.3, -0.25) is 4.90 Å². The zero-order valence-electron chi connectivity index (χ0n) is 10.3. The number of likely N-dealkylation sites (tertiary alicyclic amines) is 1. The summed E-state index contributed by atoms with van der Waals surface area (Å²) in [7, 11) is 2.16. The van der Waals surface area contributed by atoms with Gasteiger partial charge >= 0.3 is 0 Å². The van der Waals surface area contributed by atoms with Gasteiger partial charge in [-0.1, -0.05) is 6.92 Å². The highest BCUT2D eigenvalue weighted by molar-refractivity contribution is 5.10. The molecule has 2 atom stereocenters. The van der Waals surface area contributed by atoms with Crippen LogP contribution in [0.25, 0.3) is 0 Å².